The van der Waals surface area contributed by atoms with E-state index in [1.807, 2.05) is 0 Å². The fourth-order valence-corrected chi connectivity index (χ4v) is 11.6. The number of carbonyl (C=O) groups is 2. The van der Waals surface area contributed by atoms with Crippen molar-refractivity contribution in [3.8, 4) is 0 Å². The van der Waals surface area contributed by atoms with Crippen LogP contribution in [-0.2, 0) is 16.0 Å². The fraction of sp³-hybridized carbons (Fsp3) is 0.667. The SMILES string of the molecule is CC12CCC(O)CC13C=CC1(C(C(=O)Cc4c(F)cccc4Cl)=C3)C2CCC2(C)C1CCC2(O)CN1CCC(C(N)=O)CC1. The Labute approximate surface area is 264 Å². The minimum Gasteiger partial charge on any atom is -0.393 e. The molecule has 1 aromatic rings. The van der Waals surface area contributed by atoms with Crippen molar-refractivity contribution in [1.82, 2.24) is 4.90 Å². The van der Waals surface area contributed by atoms with Crippen molar-refractivity contribution in [2.75, 3.05) is 19.6 Å². The number of nitrogens with two attached hydrogens (primary N) is 1. The number of nitrogens with zero attached hydrogens (tertiary/aromatic N) is 1. The third-order valence-corrected chi connectivity index (χ3v) is 14.2. The summed E-state index contributed by atoms with van der Waals surface area (Å²) in [6.07, 6.45) is 13.0. The van der Waals surface area contributed by atoms with Crippen molar-refractivity contribution in [1.29, 1.82) is 0 Å². The van der Waals surface area contributed by atoms with Crippen LogP contribution >= 0.6 is 11.6 Å². The molecule has 1 aliphatic heterocycles. The molecule has 8 rings (SSSR count). The van der Waals surface area contributed by atoms with Crippen LogP contribution < -0.4 is 5.73 Å². The molecule has 4 fully saturated rings. The smallest absolute Gasteiger partial charge is 0.220 e. The highest BCUT2D eigenvalue weighted by Crippen LogP contribution is 2.78. The molecule has 2 bridgehead atoms. The summed E-state index contributed by atoms with van der Waals surface area (Å²) in [7, 11) is 0. The predicted molar refractivity (Wildman–Crippen MR) is 167 cm³/mol. The zero-order valence-corrected chi connectivity index (χ0v) is 26.7. The van der Waals surface area contributed by atoms with Crippen molar-refractivity contribution in [2.45, 2.75) is 89.8 Å². The maximum atomic E-state index is 15.0. The van der Waals surface area contributed by atoms with Crippen molar-refractivity contribution in [3.05, 3.63) is 58.4 Å². The molecule has 8 heteroatoms. The van der Waals surface area contributed by atoms with Gasteiger partial charge in [0.2, 0.25) is 5.91 Å². The Bertz CT molecular complexity index is 1430. The zero-order chi connectivity index (χ0) is 31.3. The van der Waals surface area contributed by atoms with Gasteiger partial charge >= 0.3 is 0 Å². The number of hydrogen-bond donors (Lipinski definition) is 3. The third-order valence-electron chi connectivity index (χ3n) is 13.9. The first-order chi connectivity index (χ1) is 20.8. The second-order valence-corrected chi connectivity index (χ2v) is 16.0. The maximum absolute atomic E-state index is 15.0. The van der Waals surface area contributed by atoms with Gasteiger partial charge in [0.15, 0.2) is 5.78 Å². The molecule has 3 saturated carbocycles. The number of primary amides is 1. The molecule has 4 N–H and O–H groups in total. The number of ketones is 1. The first-order valence-corrected chi connectivity index (χ1v) is 17.0. The van der Waals surface area contributed by atoms with Crippen molar-refractivity contribution < 1.29 is 24.2 Å². The summed E-state index contributed by atoms with van der Waals surface area (Å²) in [6.45, 7) is 6.61. The van der Waals surface area contributed by atoms with Gasteiger partial charge in [-0.1, -0.05) is 49.7 Å². The van der Waals surface area contributed by atoms with E-state index in [-0.39, 0.29) is 51.9 Å². The van der Waals surface area contributed by atoms with E-state index < -0.39 is 33.8 Å². The molecule has 8 unspecified atom stereocenters. The van der Waals surface area contributed by atoms with Gasteiger partial charge in [-0.25, -0.2) is 4.39 Å². The van der Waals surface area contributed by atoms with E-state index in [0.717, 1.165) is 50.8 Å². The van der Waals surface area contributed by atoms with Gasteiger partial charge in [-0.3, -0.25) is 9.59 Å². The van der Waals surface area contributed by atoms with Crippen LogP contribution in [0.5, 0.6) is 0 Å². The van der Waals surface area contributed by atoms with E-state index in [2.05, 4.69) is 37.0 Å². The number of carbonyl (C=O) groups excluding carboxylic acids is 2. The maximum Gasteiger partial charge on any atom is 0.220 e. The van der Waals surface area contributed by atoms with Gasteiger partial charge in [0.1, 0.15) is 5.82 Å². The summed E-state index contributed by atoms with van der Waals surface area (Å²) < 4.78 is 15.0. The summed E-state index contributed by atoms with van der Waals surface area (Å²) in [6, 6.07) is 4.54. The number of halogens is 2. The highest BCUT2D eigenvalue weighted by molar-refractivity contribution is 6.31. The Morgan fingerprint density at radius 2 is 1.70 bits per heavy atom. The van der Waals surface area contributed by atoms with Gasteiger partial charge < -0.3 is 20.8 Å². The van der Waals surface area contributed by atoms with E-state index in [9.17, 15) is 24.2 Å². The van der Waals surface area contributed by atoms with Crippen LogP contribution in [0.1, 0.15) is 77.2 Å². The molecular formula is C36H46ClFN2O4. The highest BCUT2D eigenvalue weighted by atomic mass is 35.5. The van der Waals surface area contributed by atoms with Gasteiger partial charge in [0.25, 0.3) is 0 Å². The molecular weight excluding hydrogens is 579 g/mol. The van der Waals surface area contributed by atoms with Crippen LogP contribution in [-0.4, -0.2) is 58.1 Å². The number of amides is 1. The largest absolute Gasteiger partial charge is 0.393 e. The molecule has 238 valence electrons. The third kappa shape index (κ3) is 4.07. The zero-order valence-electron chi connectivity index (χ0n) is 26.0. The topological polar surface area (TPSA) is 104 Å². The van der Waals surface area contributed by atoms with Crippen molar-refractivity contribution >= 4 is 23.3 Å². The van der Waals surface area contributed by atoms with Gasteiger partial charge in [-0.05, 0) is 100 Å². The van der Waals surface area contributed by atoms with E-state index in [1.165, 1.54) is 6.07 Å². The summed E-state index contributed by atoms with van der Waals surface area (Å²) in [5.74, 6) is -0.715. The lowest BCUT2D eigenvalue weighted by Crippen LogP contribution is -2.67. The molecule has 1 aromatic carbocycles. The summed E-state index contributed by atoms with van der Waals surface area (Å²) in [5.41, 5.74) is 4.02. The molecule has 1 heterocycles. The van der Waals surface area contributed by atoms with E-state index in [0.29, 0.717) is 32.2 Å². The van der Waals surface area contributed by atoms with Gasteiger partial charge in [-0.2, -0.15) is 0 Å². The van der Waals surface area contributed by atoms with E-state index >= 15 is 0 Å². The number of allylic oxidation sites excluding steroid dienone is 4. The van der Waals surface area contributed by atoms with Gasteiger partial charge in [0, 0.05) is 51.3 Å². The number of fused-ring (bicyclic) bond motifs is 1. The molecule has 1 saturated heterocycles. The highest BCUT2D eigenvalue weighted by Gasteiger charge is 2.74. The molecule has 8 atom stereocenters. The number of hydrogen-bond acceptors (Lipinski definition) is 5. The first-order valence-electron chi connectivity index (χ1n) is 16.6. The lowest BCUT2D eigenvalue weighted by Gasteiger charge is -2.71. The predicted octanol–water partition coefficient (Wildman–Crippen LogP) is 5.38. The van der Waals surface area contributed by atoms with Crippen LogP contribution in [0.3, 0.4) is 0 Å². The quantitative estimate of drug-likeness (QED) is 0.369. The van der Waals surface area contributed by atoms with Crippen LogP contribution in [0.25, 0.3) is 0 Å². The normalized spacial score (nSPS) is 43.2. The number of β-amino-alcohol motifs (C(OH)–C–C–N with tert-alkyl or cyclic N) is 1. The Hall–Kier alpha value is -2.06. The average Bonchev–Trinajstić information content (AvgIpc) is 3.25. The van der Waals surface area contributed by atoms with E-state index in [4.69, 9.17) is 17.3 Å². The molecule has 44 heavy (non-hydrogen) atoms. The second-order valence-electron chi connectivity index (χ2n) is 15.6. The average molecular weight is 625 g/mol. The van der Waals surface area contributed by atoms with Gasteiger partial charge in [-0.15, -0.1) is 0 Å². The Balaban J connectivity index is 1.28. The Morgan fingerprint density at radius 1 is 1.02 bits per heavy atom. The van der Waals surface area contributed by atoms with Crippen molar-refractivity contribution in [3.63, 3.8) is 0 Å². The minimum absolute atomic E-state index is 0.0337. The molecule has 6 aliphatic carbocycles. The van der Waals surface area contributed by atoms with E-state index in [1.54, 1.807) is 12.1 Å². The minimum atomic E-state index is -0.941. The number of Topliss-reactive ketones (excluding diaryl/α,β-unsaturated/α-hetero) is 1. The second kappa shape index (κ2) is 10.2. The number of rotatable bonds is 6. The number of aliphatic hydroxyl groups excluding tert-OH is 1. The summed E-state index contributed by atoms with van der Waals surface area (Å²) in [5, 5.41) is 23.7. The number of benzene rings is 1. The summed E-state index contributed by atoms with van der Waals surface area (Å²) in [4.78, 5) is 28.6. The fourth-order valence-electron chi connectivity index (χ4n) is 11.4. The number of aliphatic hydroxyl groups is 2. The molecule has 1 amide bonds. The standard InChI is InChI=1S/C36H46ClFN2O4/c1-32-11-6-23(41)19-34(32)14-15-36(25(20-34)28(42)18-24-26(37)4-3-5-27(24)38)29(32)7-12-33(2)30(36)8-13-35(33,44)21-40-16-9-22(10-17-40)31(39)43/h3-5,14-15,20,22-23,29-30,41,44H,6-13,16-19,21H2,1-2H3,(H2,39,43). The Morgan fingerprint density at radius 3 is 2.41 bits per heavy atom. The molecule has 0 radical (unpaired) electrons. The van der Waals surface area contributed by atoms with Crippen molar-refractivity contribution in [2.24, 2.45) is 45.1 Å². The monoisotopic (exact) mass is 624 g/mol. The lowest BCUT2D eigenvalue weighted by atomic mass is 9.32. The molecule has 2 spiro atoms. The van der Waals surface area contributed by atoms with Crippen LogP contribution in [0, 0.1) is 45.2 Å². The van der Waals surface area contributed by atoms with Crippen LogP contribution in [0.15, 0.2) is 42.0 Å². The molecule has 6 nitrogen and oxygen atoms in total. The first kappa shape index (κ1) is 30.6. The number of piperidine rings is 1. The molecule has 0 aromatic heterocycles. The number of likely N-dealkylation sites (tertiary alicyclic amines) is 1. The van der Waals surface area contributed by atoms with Crippen LogP contribution in [0.2, 0.25) is 5.02 Å². The Kier molecular flexibility index (Phi) is 7.10. The molecule has 7 aliphatic rings. The van der Waals surface area contributed by atoms with Gasteiger partial charge in [0.05, 0.1) is 11.7 Å². The summed E-state index contributed by atoms with van der Waals surface area (Å²) >= 11 is 6.42. The van der Waals surface area contributed by atoms with Crippen LogP contribution in [0.4, 0.5) is 4.39 Å². The lowest BCUT2D eigenvalue weighted by molar-refractivity contribution is -0.179.